The number of hydrogen-bond acceptors (Lipinski definition) is 2. The van der Waals surface area contributed by atoms with E-state index in [2.05, 4.69) is 41.0 Å². The number of benzene rings is 1. The second-order valence-corrected chi connectivity index (χ2v) is 6.98. The van der Waals surface area contributed by atoms with Crippen molar-refractivity contribution in [1.29, 1.82) is 0 Å². The van der Waals surface area contributed by atoms with Crippen LogP contribution in [0.2, 0.25) is 0 Å². The molecule has 3 fully saturated rings. The molecule has 1 saturated carbocycles. The van der Waals surface area contributed by atoms with E-state index in [1.54, 1.807) is 5.56 Å². The minimum absolute atomic E-state index is 0.524. The van der Waals surface area contributed by atoms with Crippen LogP contribution in [0.1, 0.15) is 38.2 Å². The first-order chi connectivity index (χ1) is 9.82. The highest BCUT2D eigenvalue weighted by atomic mass is 15.2. The maximum absolute atomic E-state index is 2.62. The molecule has 1 aromatic rings. The van der Waals surface area contributed by atoms with Crippen LogP contribution in [0.4, 0.5) is 5.69 Å². The van der Waals surface area contributed by atoms with Crippen molar-refractivity contribution in [3.05, 3.63) is 29.8 Å². The van der Waals surface area contributed by atoms with Crippen LogP contribution >= 0.6 is 0 Å². The summed E-state index contributed by atoms with van der Waals surface area (Å²) in [6.07, 6.45) is 5.55. The molecule has 1 aromatic carbocycles. The third-order valence-electron chi connectivity index (χ3n) is 5.83. The normalized spacial score (nSPS) is 33.2. The Hall–Kier alpha value is -1.02. The Morgan fingerprint density at radius 2 is 1.85 bits per heavy atom. The topological polar surface area (TPSA) is 6.48 Å². The highest BCUT2D eigenvalue weighted by Gasteiger charge is 2.60. The summed E-state index contributed by atoms with van der Waals surface area (Å²) < 4.78 is 0. The lowest BCUT2D eigenvalue weighted by Crippen LogP contribution is -2.29. The van der Waals surface area contributed by atoms with Crippen LogP contribution in [-0.4, -0.2) is 37.6 Å². The molecule has 2 atom stereocenters. The molecule has 0 N–H and O–H groups in total. The van der Waals surface area contributed by atoms with Crippen molar-refractivity contribution in [2.75, 3.05) is 37.6 Å². The number of hydrogen-bond donors (Lipinski definition) is 0. The van der Waals surface area contributed by atoms with Crippen LogP contribution < -0.4 is 4.90 Å². The van der Waals surface area contributed by atoms with Gasteiger partial charge in [-0.05, 0) is 55.8 Å². The predicted molar refractivity (Wildman–Crippen MR) is 84.4 cm³/mol. The Morgan fingerprint density at radius 3 is 2.50 bits per heavy atom. The van der Waals surface area contributed by atoms with E-state index in [1.807, 2.05) is 0 Å². The molecule has 0 amide bonds. The second-order valence-electron chi connectivity index (χ2n) is 6.98. The molecule has 2 saturated heterocycles. The summed E-state index contributed by atoms with van der Waals surface area (Å²) in [5, 5.41) is 0. The van der Waals surface area contributed by atoms with Gasteiger partial charge in [0.25, 0.3) is 0 Å². The van der Waals surface area contributed by atoms with E-state index in [9.17, 15) is 0 Å². The highest BCUT2D eigenvalue weighted by molar-refractivity contribution is 5.50. The number of fused-ring (bicyclic) bond motifs is 1. The molecule has 3 aliphatic rings. The summed E-state index contributed by atoms with van der Waals surface area (Å²) in [5.41, 5.74) is 3.56. The SMILES string of the molecule is CCN1C[C@@H]2C[C@]2(c2ccc(N3CCCCC3)cc2)C1. The quantitative estimate of drug-likeness (QED) is 0.832. The fourth-order valence-electron chi connectivity index (χ4n) is 4.43. The molecule has 20 heavy (non-hydrogen) atoms. The smallest absolute Gasteiger partial charge is 0.0366 e. The summed E-state index contributed by atoms with van der Waals surface area (Å²) in [7, 11) is 0. The molecule has 2 nitrogen and oxygen atoms in total. The van der Waals surface area contributed by atoms with E-state index in [0.29, 0.717) is 5.41 Å². The zero-order valence-electron chi connectivity index (χ0n) is 12.6. The Morgan fingerprint density at radius 1 is 1.10 bits per heavy atom. The molecule has 2 heteroatoms. The molecule has 4 rings (SSSR count). The largest absolute Gasteiger partial charge is 0.372 e. The summed E-state index contributed by atoms with van der Waals surface area (Å²) in [6, 6.07) is 9.59. The zero-order chi connectivity index (χ0) is 13.6. The van der Waals surface area contributed by atoms with Gasteiger partial charge in [0, 0.05) is 37.3 Å². The van der Waals surface area contributed by atoms with Gasteiger partial charge >= 0.3 is 0 Å². The molecule has 0 radical (unpaired) electrons. The Bertz CT molecular complexity index is 475. The molecule has 1 aliphatic carbocycles. The second kappa shape index (κ2) is 4.77. The summed E-state index contributed by atoms with van der Waals surface area (Å²) in [5.74, 6) is 0.934. The molecule has 0 aromatic heterocycles. The Kier molecular flexibility index (Phi) is 3.03. The van der Waals surface area contributed by atoms with Gasteiger partial charge in [0.15, 0.2) is 0 Å². The van der Waals surface area contributed by atoms with Crippen molar-refractivity contribution in [2.24, 2.45) is 5.92 Å². The van der Waals surface area contributed by atoms with Gasteiger partial charge in [-0.3, -0.25) is 0 Å². The van der Waals surface area contributed by atoms with Crippen molar-refractivity contribution in [2.45, 2.75) is 38.0 Å². The maximum Gasteiger partial charge on any atom is 0.0366 e. The lowest BCUT2D eigenvalue weighted by Gasteiger charge is -2.29. The van der Waals surface area contributed by atoms with Crippen LogP contribution in [0.5, 0.6) is 0 Å². The molecule has 108 valence electrons. The zero-order valence-corrected chi connectivity index (χ0v) is 12.6. The predicted octanol–water partition coefficient (Wildman–Crippen LogP) is 3.27. The molecule has 0 spiro atoms. The maximum atomic E-state index is 2.62. The van der Waals surface area contributed by atoms with E-state index in [0.717, 1.165) is 5.92 Å². The van der Waals surface area contributed by atoms with Crippen molar-refractivity contribution in [1.82, 2.24) is 4.90 Å². The average Bonchev–Trinajstić information content (AvgIpc) is 3.10. The molecular formula is C18H26N2. The fraction of sp³-hybridized carbons (Fsp3) is 0.667. The van der Waals surface area contributed by atoms with Crippen LogP contribution in [0.25, 0.3) is 0 Å². The van der Waals surface area contributed by atoms with E-state index < -0.39 is 0 Å². The molecule has 0 unspecified atom stereocenters. The van der Waals surface area contributed by atoms with E-state index in [1.165, 1.54) is 64.1 Å². The minimum Gasteiger partial charge on any atom is -0.372 e. The Balaban J connectivity index is 1.51. The van der Waals surface area contributed by atoms with E-state index in [-0.39, 0.29) is 0 Å². The number of piperidine rings is 2. The van der Waals surface area contributed by atoms with Crippen LogP contribution in [-0.2, 0) is 5.41 Å². The first-order valence-corrected chi connectivity index (χ1v) is 8.40. The van der Waals surface area contributed by atoms with Gasteiger partial charge in [0.1, 0.15) is 0 Å². The number of rotatable bonds is 3. The van der Waals surface area contributed by atoms with E-state index >= 15 is 0 Å². The Labute approximate surface area is 122 Å². The highest BCUT2D eigenvalue weighted by Crippen LogP contribution is 2.58. The first kappa shape index (κ1) is 12.7. The van der Waals surface area contributed by atoms with Gasteiger partial charge in [-0.15, -0.1) is 0 Å². The number of likely N-dealkylation sites (tertiary alicyclic amines) is 1. The molecule has 0 bridgehead atoms. The van der Waals surface area contributed by atoms with Crippen LogP contribution in [0.15, 0.2) is 24.3 Å². The lowest BCUT2D eigenvalue weighted by atomic mass is 9.94. The average molecular weight is 270 g/mol. The summed E-state index contributed by atoms with van der Waals surface area (Å²) in [4.78, 5) is 5.18. The van der Waals surface area contributed by atoms with Gasteiger partial charge < -0.3 is 9.80 Å². The van der Waals surface area contributed by atoms with Crippen molar-refractivity contribution < 1.29 is 0 Å². The number of nitrogens with zero attached hydrogens (tertiary/aromatic N) is 2. The van der Waals surface area contributed by atoms with Gasteiger partial charge in [0.2, 0.25) is 0 Å². The third-order valence-corrected chi connectivity index (χ3v) is 5.83. The van der Waals surface area contributed by atoms with Crippen molar-refractivity contribution in [3.8, 4) is 0 Å². The monoisotopic (exact) mass is 270 g/mol. The van der Waals surface area contributed by atoms with Crippen molar-refractivity contribution >= 4 is 5.69 Å². The minimum atomic E-state index is 0.524. The fourth-order valence-corrected chi connectivity index (χ4v) is 4.43. The number of anilines is 1. The van der Waals surface area contributed by atoms with Crippen molar-refractivity contribution in [3.63, 3.8) is 0 Å². The van der Waals surface area contributed by atoms with Crippen LogP contribution in [0.3, 0.4) is 0 Å². The third kappa shape index (κ3) is 1.96. The van der Waals surface area contributed by atoms with E-state index in [4.69, 9.17) is 0 Å². The van der Waals surface area contributed by atoms with Gasteiger partial charge in [0.05, 0.1) is 0 Å². The summed E-state index contributed by atoms with van der Waals surface area (Å²) >= 11 is 0. The lowest BCUT2D eigenvalue weighted by molar-refractivity contribution is 0.314. The van der Waals surface area contributed by atoms with Gasteiger partial charge in [-0.2, -0.15) is 0 Å². The van der Waals surface area contributed by atoms with Gasteiger partial charge in [-0.1, -0.05) is 19.1 Å². The molecular weight excluding hydrogens is 244 g/mol. The van der Waals surface area contributed by atoms with Crippen LogP contribution in [0, 0.1) is 5.92 Å². The molecule has 2 aliphatic heterocycles. The van der Waals surface area contributed by atoms with Gasteiger partial charge in [-0.25, -0.2) is 0 Å². The molecule has 2 heterocycles. The first-order valence-electron chi connectivity index (χ1n) is 8.40. The standard InChI is InChI=1S/C18H26N2/c1-2-19-13-16-12-18(16,14-19)15-6-8-17(9-7-15)20-10-4-3-5-11-20/h6-9,16H,2-5,10-14H2,1H3/t16-,18+/m0/s1. The summed E-state index contributed by atoms with van der Waals surface area (Å²) in [6.45, 7) is 8.61. The number of likely N-dealkylation sites (N-methyl/N-ethyl adjacent to an activating group) is 1.